The van der Waals surface area contributed by atoms with Crippen LogP contribution in [0, 0.1) is 0 Å². The first-order valence-electron chi connectivity index (χ1n) is 14.9. The lowest BCUT2D eigenvalue weighted by Gasteiger charge is -2.42. The molecule has 2 unspecified atom stereocenters. The van der Waals surface area contributed by atoms with Crippen LogP contribution < -0.4 is 25.6 Å². The summed E-state index contributed by atoms with van der Waals surface area (Å²) in [6, 6.07) is 12.0. The molecular weight excluding hydrogens is 542 g/mol. The molecule has 0 saturated carbocycles. The van der Waals surface area contributed by atoms with Gasteiger partial charge in [-0.15, -0.1) is 12.4 Å². The van der Waals surface area contributed by atoms with Crippen molar-refractivity contribution in [2.24, 2.45) is 0 Å². The Morgan fingerprint density at radius 3 is 2.37 bits per heavy atom. The molecule has 6 rings (SSSR count). The van der Waals surface area contributed by atoms with E-state index in [4.69, 9.17) is 4.74 Å². The molecule has 4 saturated heterocycles. The Labute approximate surface area is 248 Å². The SMILES string of the molecule is Cl.O=C1CCC(Nc2ccc(N3CCNCC3)nc2)C(=O)N1N1CCCC(Oc2ccc(C3CCNCC3)cc2)C1. The Hall–Kier alpha value is -2.92. The van der Waals surface area contributed by atoms with Gasteiger partial charge in [0.25, 0.3) is 5.91 Å². The Balaban J connectivity index is 0.00000337. The third kappa shape index (κ3) is 7.12. The second-order valence-corrected chi connectivity index (χ2v) is 11.3. The van der Waals surface area contributed by atoms with E-state index in [0.29, 0.717) is 31.8 Å². The Kier molecular flexibility index (Phi) is 9.97. The molecule has 2 amide bonds. The molecule has 4 fully saturated rings. The number of imide groups is 1. The van der Waals surface area contributed by atoms with Gasteiger partial charge in [0.1, 0.15) is 23.7 Å². The fourth-order valence-electron chi connectivity index (χ4n) is 6.32. The van der Waals surface area contributed by atoms with E-state index in [1.165, 1.54) is 23.4 Å². The Morgan fingerprint density at radius 1 is 0.878 bits per heavy atom. The minimum atomic E-state index is -0.464. The van der Waals surface area contributed by atoms with Crippen molar-refractivity contribution in [1.29, 1.82) is 0 Å². The second-order valence-electron chi connectivity index (χ2n) is 11.3. The van der Waals surface area contributed by atoms with Crippen LogP contribution in [0.5, 0.6) is 5.75 Å². The van der Waals surface area contributed by atoms with Gasteiger partial charge in [-0.2, -0.15) is 0 Å². The van der Waals surface area contributed by atoms with E-state index in [1.807, 2.05) is 17.1 Å². The van der Waals surface area contributed by atoms with Crippen molar-refractivity contribution in [3.8, 4) is 5.75 Å². The number of hydrazine groups is 1. The number of nitrogens with zero attached hydrogens (tertiary/aromatic N) is 4. The van der Waals surface area contributed by atoms with Crippen molar-refractivity contribution in [3.05, 3.63) is 48.2 Å². The van der Waals surface area contributed by atoms with Crippen molar-refractivity contribution in [2.75, 3.05) is 62.6 Å². The summed E-state index contributed by atoms with van der Waals surface area (Å²) in [5, 5.41) is 13.4. The lowest BCUT2D eigenvalue weighted by molar-refractivity contribution is -0.173. The normalized spacial score (nSPS) is 24.6. The number of hydrogen-bond acceptors (Lipinski definition) is 9. The molecule has 11 heteroatoms. The number of nitrogens with one attached hydrogen (secondary N) is 3. The van der Waals surface area contributed by atoms with Crippen LogP contribution in [0.1, 0.15) is 50.0 Å². The summed E-state index contributed by atoms with van der Waals surface area (Å²) < 4.78 is 6.34. The molecule has 2 aromatic rings. The predicted molar refractivity (Wildman–Crippen MR) is 162 cm³/mol. The molecule has 2 atom stereocenters. The van der Waals surface area contributed by atoms with Crippen LogP contribution >= 0.6 is 12.4 Å². The van der Waals surface area contributed by atoms with Gasteiger partial charge in [-0.1, -0.05) is 12.1 Å². The van der Waals surface area contributed by atoms with Gasteiger partial charge in [0.15, 0.2) is 0 Å². The largest absolute Gasteiger partial charge is 0.489 e. The van der Waals surface area contributed by atoms with E-state index in [-0.39, 0.29) is 30.3 Å². The van der Waals surface area contributed by atoms with Crippen LogP contribution in [0.25, 0.3) is 0 Å². The summed E-state index contributed by atoms with van der Waals surface area (Å²) >= 11 is 0. The highest BCUT2D eigenvalue weighted by Crippen LogP contribution is 2.29. The number of carbonyl (C=O) groups is 2. The maximum atomic E-state index is 13.5. The maximum absolute atomic E-state index is 13.5. The van der Waals surface area contributed by atoms with Gasteiger partial charge in [-0.3, -0.25) is 9.59 Å². The predicted octanol–water partition coefficient (Wildman–Crippen LogP) is 2.77. The highest BCUT2D eigenvalue weighted by Gasteiger charge is 2.40. The summed E-state index contributed by atoms with van der Waals surface area (Å²) in [5.41, 5.74) is 2.16. The van der Waals surface area contributed by atoms with Crippen molar-refractivity contribution in [2.45, 2.75) is 56.6 Å². The molecule has 0 bridgehead atoms. The first-order valence-corrected chi connectivity index (χ1v) is 14.9. The number of pyridine rings is 1. The molecular formula is C30H42ClN7O3. The molecule has 5 heterocycles. The quantitative estimate of drug-likeness (QED) is 0.425. The fraction of sp³-hybridized carbons (Fsp3) is 0.567. The third-order valence-electron chi connectivity index (χ3n) is 8.55. The van der Waals surface area contributed by atoms with Gasteiger partial charge in [0.2, 0.25) is 5.91 Å². The van der Waals surface area contributed by atoms with Crippen LogP contribution in [0.2, 0.25) is 0 Å². The maximum Gasteiger partial charge on any atom is 0.266 e. The van der Waals surface area contributed by atoms with Crippen LogP contribution in [-0.2, 0) is 9.59 Å². The van der Waals surface area contributed by atoms with Crippen molar-refractivity contribution < 1.29 is 14.3 Å². The summed E-state index contributed by atoms with van der Waals surface area (Å²) in [5.74, 6) is 2.06. The van der Waals surface area contributed by atoms with Crippen molar-refractivity contribution in [1.82, 2.24) is 25.6 Å². The number of piperidine rings is 3. The number of piperazine rings is 1. The van der Waals surface area contributed by atoms with Crippen LogP contribution in [-0.4, -0.2) is 91.3 Å². The van der Waals surface area contributed by atoms with E-state index in [9.17, 15) is 9.59 Å². The number of carbonyl (C=O) groups excluding carboxylic acids is 2. The minimum absolute atomic E-state index is 0. The lowest BCUT2D eigenvalue weighted by atomic mass is 9.90. The van der Waals surface area contributed by atoms with Crippen LogP contribution in [0.15, 0.2) is 42.6 Å². The first kappa shape index (κ1) is 29.6. The minimum Gasteiger partial charge on any atom is -0.489 e. The zero-order chi connectivity index (χ0) is 27.3. The summed E-state index contributed by atoms with van der Waals surface area (Å²) in [4.78, 5) is 33.3. The number of rotatable bonds is 7. The average Bonchev–Trinajstić information content (AvgIpc) is 3.01. The van der Waals surface area contributed by atoms with Crippen molar-refractivity contribution >= 4 is 35.7 Å². The Morgan fingerprint density at radius 2 is 1.63 bits per heavy atom. The van der Waals surface area contributed by atoms with E-state index in [1.54, 1.807) is 6.20 Å². The van der Waals surface area contributed by atoms with E-state index in [0.717, 1.165) is 69.4 Å². The molecule has 1 aromatic carbocycles. The molecule has 1 aromatic heterocycles. The molecule has 3 N–H and O–H groups in total. The first-order chi connectivity index (χ1) is 19.6. The number of amides is 2. The van der Waals surface area contributed by atoms with E-state index >= 15 is 0 Å². The molecule has 4 aliphatic rings. The molecule has 0 radical (unpaired) electrons. The van der Waals surface area contributed by atoms with Crippen molar-refractivity contribution in [3.63, 3.8) is 0 Å². The number of ether oxygens (including phenoxy) is 1. The number of benzene rings is 1. The lowest BCUT2D eigenvalue weighted by Crippen LogP contribution is -2.61. The highest BCUT2D eigenvalue weighted by atomic mass is 35.5. The molecule has 41 heavy (non-hydrogen) atoms. The summed E-state index contributed by atoms with van der Waals surface area (Å²) in [6.07, 6.45) is 6.62. The zero-order valence-electron chi connectivity index (χ0n) is 23.6. The van der Waals surface area contributed by atoms with Gasteiger partial charge in [0, 0.05) is 39.1 Å². The van der Waals surface area contributed by atoms with Gasteiger partial charge >= 0.3 is 0 Å². The number of halogens is 1. The number of anilines is 2. The topological polar surface area (TPSA) is 102 Å². The Bertz CT molecular complexity index is 1150. The number of hydrogen-bond donors (Lipinski definition) is 3. The second kappa shape index (κ2) is 13.8. The third-order valence-corrected chi connectivity index (χ3v) is 8.55. The van der Waals surface area contributed by atoms with Gasteiger partial charge in [-0.25, -0.2) is 15.0 Å². The van der Waals surface area contributed by atoms with E-state index in [2.05, 4.69) is 50.1 Å². The molecule has 10 nitrogen and oxygen atoms in total. The van der Waals surface area contributed by atoms with Crippen LogP contribution in [0.3, 0.4) is 0 Å². The monoisotopic (exact) mass is 583 g/mol. The molecule has 222 valence electrons. The fourth-order valence-corrected chi connectivity index (χ4v) is 6.32. The smallest absolute Gasteiger partial charge is 0.266 e. The number of aromatic nitrogens is 1. The molecule has 4 aliphatic heterocycles. The molecule has 0 spiro atoms. The zero-order valence-corrected chi connectivity index (χ0v) is 24.4. The average molecular weight is 584 g/mol. The van der Waals surface area contributed by atoms with Gasteiger partial charge < -0.3 is 25.6 Å². The van der Waals surface area contributed by atoms with E-state index < -0.39 is 6.04 Å². The highest BCUT2D eigenvalue weighted by molar-refractivity contribution is 6.01. The molecule has 0 aliphatic carbocycles. The van der Waals surface area contributed by atoms with Crippen LogP contribution in [0.4, 0.5) is 11.5 Å². The summed E-state index contributed by atoms with van der Waals surface area (Å²) in [6.45, 7) is 7.10. The summed E-state index contributed by atoms with van der Waals surface area (Å²) in [7, 11) is 0. The van der Waals surface area contributed by atoms with Gasteiger partial charge in [-0.05, 0) is 80.9 Å². The standard InChI is InChI=1S/C30H41N7O3.ClH/c38-29-10-8-27(34-24-5-9-28(33-20-24)35-18-15-32-16-19-35)30(39)37(29)36-17-1-2-26(21-36)40-25-6-3-22(4-7-25)23-11-13-31-14-12-23;/h3-7,9,20,23,26-27,31-32,34H,1-2,8,10-19,21H2;1H. The van der Waals surface area contributed by atoms with Gasteiger partial charge in [0.05, 0.1) is 18.4 Å².